The fourth-order valence-electron chi connectivity index (χ4n) is 6.77. The molecular formula is C29H51N3O5. The number of esters is 2. The van der Waals surface area contributed by atoms with Gasteiger partial charge in [-0.25, -0.2) is 4.79 Å². The summed E-state index contributed by atoms with van der Waals surface area (Å²) in [6.07, 6.45) is 11.6. The zero-order valence-electron chi connectivity index (χ0n) is 23.8. The van der Waals surface area contributed by atoms with Crippen molar-refractivity contribution >= 4 is 11.9 Å². The Hall–Kier alpha value is -1.22. The number of piperazine rings is 1. The van der Waals surface area contributed by atoms with Gasteiger partial charge in [0.15, 0.2) is 0 Å². The fourth-order valence-corrected chi connectivity index (χ4v) is 6.77. The summed E-state index contributed by atoms with van der Waals surface area (Å²) in [5.74, 6) is -1.65. The quantitative estimate of drug-likeness (QED) is 0.441. The van der Waals surface area contributed by atoms with Crippen LogP contribution >= 0.6 is 0 Å². The van der Waals surface area contributed by atoms with Gasteiger partial charge in [0.25, 0.3) is 5.85 Å². The predicted molar refractivity (Wildman–Crippen MR) is 143 cm³/mol. The molecule has 2 saturated carbocycles. The molecule has 0 aromatic carbocycles. The summed E-state index contributed by atoms with van der Waals surface area (Å²) >= 11 is 0. The van der Waals surface area contributed by atoms with Crippen molar-refractivity contribution in [2.75, 3.05) is 45.9 Å². The molecule has 1 unspecified atom stereocenters. The molecule has 0 amide bonds. The van der Waals surface area contributed by atoms with Gasteiger partial charge in [-0.1, -0.05) is 19.3 Å². The van der Waals surface area contributed by atoms with Crippen molar-refractivity contribution in [1.82, 2.24) is 14.7 Å². The molecule has 212 valence electrons. The van der Waals surface area contributed by atoms with Crippen LogP contribution in [0.15, 0.2) is 0 Å². The monoisotopic (exact) mass is 521 g/mol. The number of likely N-dealkylation sites (tertiary alicyclic amines) is 1. The van der Waals surface area contributed by atoms with Crippen LogP contribution in [0.25, 0.3) is 0 Å². The van der Waals surface area contributed by atoms with Gasteiger partial charge in [0.2, 0.25) is 0 Å². The lowest BCUT2D eigenvalue weighted by Gasteiger charge is -2.52. The first kappa shape index (κ1) is 28.8. The molecule has 2 aliphatic heterocycles. The van der Waals surface area contributed by atoms with Crippen molar-refractivity contribution < 1.29 is 23.8 Å². The minimum atomic E-state index is -1.20. The maximum absolute atomic E-state index is 14.2. The molecule has 8 heteroatoms. The van der Waals surface area contributed by atoms with Crippen LogP contribution in [0.3, 0.4) is 0 Å². The van der Waals surface area contributed by atoms with E-state index in [4.69, 9.17) is 14.2 Å². The minimum Gasteiger partial charge on any atom is -0.466 e. The molecule has 1 atom stereocenters. The average Bonchev–Trinajstić information content (AvgIpc) is 3.43. The normalized spacial score (nSPS) is 29.1. The van der Waals surface area contributed by atoms with Crippen molar-refractivity contribution in [3.63, 3.8) is 0 Å². The van der Waals surface area contributed by atoms with Gasteiger partial charge >= 0.3 is 11.9 Å². The number of carbonyl (C=O) groups excluding carboxylic acids is 2. The second-order valence-electron chi connectivity index (χ2n) is 12.5. The van der Waals surface area contributed by atoms with Crippen molar-refractivity contribution in [1.29, 1.82) is 0 Å². The lowest BCUT2D eigenvalue weighted by Crippen LogP contribution is -2.71. The van der Waals surface area contributed by atoms with Gasteiger partial charge in [-0.2, -0.15) is 0 Å². The lowest BCUT2D eigenvalue weighted by atomic mass is 9.87. The van der Waals surface area contributed by atoms with Crippen LogP contribution in [0.1, 0.15) is 98.3 Å². The van der Waals surface area contributed by atoms with E-state index in [1.165, 1.54) is 32.1 Å². The summed E-state index contributed by atoms with van der Waals surface area (Å²) < 4.78 is 18.4. The Balaban J connectivity index is 1.53. The van der Waals surface area contributed by atoms with E-state index in [0.717, 1.165) is 77.8 Å². The van der Waals surface area contributed by atoms with Crippen LogP contribution in [0.2, 0.25) is 0 Å². The molecule has 0 bridgehead atoms. The van der Waals surface area contributed by atoms with E-state index in [1.54, 1.807) is 0 Å². The highest BCUT2D eigenvalue weighted by Gasteiger charge is 2.56. The molecular weight excluding hydrogens is 470 g/mol. The summed E-state index contributed by atoms with van der Waals surface area (Å²) in [7, 11) is 0. The highest BCUT2D eigenvalue weighted by atomic mass is 16.6. The second-order valence-corrected chi connectivity index (χ2v) is 12.5. The van der Waals surface area contributed by atoms with Gasteiger partial charge in [0, 0.05) is 45.3 Å². The van der Waals surface area contributed by atoms with Crippen LogP contribution in [0, 0.1) is 5.92 Å². The average molecular weight is 522 g/mol. The van der Waals surface area contributed by atoms with Crippen LogP contribution in [-0.2, 0) is 23.8 Å². The predicted octanol–water partition coefficient (Wildman–Crippen LogP) is 4.17. The molecule has 4 rings (SSSR count). The molecule has 8 nitrogen and oxygen atoms in total. The van der Waals surface area contributed by atoms with E-state index >= 15 is 0 Å². The molecule has 37 heavy (non-hydrogen) atoms. The van der Waals surface area contributed by atoms with Crippen molar-refractivity contribution in [3.05, 3.63) is 0 Å². The molecule has 2 heterocycles. The number of hydrogen-bond acceptors (Lipinski definition) is 8. The summed E-state index contributed by atoms with van der Waals surface area (Å²) in [5.41, 5.74) is -0.600. The zero-order chi connectivity index (χ0) is 26.5. The van der Waals surface area contributed by atoms with Gasteiger partial charge < -0.3 is 14.2 Å². The van der Waals surface area contributed by atoms with Gasteiger partial charge in [0.1, 0.15) is 5.60 Å². The maximum atomic E-state index is 14.2. The van der Waals surface area contributed by atoms with E-state index < -0.39 is 11.4 Å². The van der Waals surface area contributed by atoms with E-state index in [9.17, 15) is 9.59 Å². The summed E-state index contributed by atoms with van der Waals surface area (Å²) in [5, 5.41) is 0. The van der Waals surface area contributed by atoms with Gasteiger partial charge in [-0.15, -0.1) is 0 Å². The third-order valence-electron chi connectivity index (χ3n) is 8.66. The zero-order valence-corrected chi connectivity index (χ0v) is 23.8. The van der Waals surface area contributed by atoms with Crippen molar-refractivity contribution in [3.8, 4) is 0 Å². The Kier molecular flexibility index (Phi) is 9.92. The van der Waals surface area contributed by atoms with Gasteiger partial charge in [0.05, 0.1) is 18.6 Å². The summed E-state index contributed by atoms with van der Waals surface area (Å²) in [6.45, 7) is 13.3. The summed E-state index contributed by atoms with van der Waals surface area (Å²) in [6, 6.07) is 0.678. The van der Waals surface area contributed by atoms with Crippen LogP contribution in [0.5, 0.6) is 0 Å². The number of rotatable bonds is 8. The van der Waals surface area contributed by atoms with Crippen molar-refractivity contribution in [2.24, 2.45) is 5.92 Å². The van der Waals surface area contributed by atoms with E-state index in [-0.39, 0.29) is 24.0 Å². The van der Waals surface area contributed by atoms with Crippen LogP contribution in [0.4, 0.5) is 0 Å². The first-order valence-electron chi connectivity index (χ1n) is 15.0. The Bertz CT molecular complexity index is 743. The van der Waals surface area contributed by atoms with E-state index in [1.807, 2.05) is 27.7 Å². The third kappa shape index (κ3) is 7.06. The molecule has 0 N–H and O–H groups in total. The molecule has 2 aliphatic carbocycles. The number of nitrogens with zero attached hydrogens (tertiary/aromatic N) is 3. The highest BCUT2D eigenvalue weighted by molar-refractivity contribution is 5.79. The lowest BCUT2D eigenvalue weighted by molar-refractivity contribution is -0.281. The second kappa shape index (κ2) is 12.8. The van der Waals surface area contributed by atoms with E-state index in [2.05, 4.69) is 14.7 Å². The van der Waals surface area contributed by atoms with Gasteiger partial charge in [-0.05, 0) is 79.1 Å². The smallest absolute Gasteiger partial charge is 0.371 e. The molecule has 0 aromatic heterocycles. The Labute approximate surface area is 224 Å². The Morgan fingerprint density at radius 2 is 1.35 bits per heavy atom. The number of ether oxygens (including phenoxy) is 3. The van der Waals surface area contributed by atoms with Gasteiger partial charge in [-0.3, -0.25) is 19.5 Å². The molecule has 4 aliphatic rings. The number of hydrogen-bond donors (Lipinski definition) is 0. The maximum Gasteiger partial charge on any atom is 0.371 e. The molecule has 4 fully saturated rings. The summed E-state index contributed by atoms with van der Waals surface area (Å²) in [4.78, 5) is 33.6. The molecule has 0 spiro atoms. The SMILES string of the molecule is CCOC(=O)C1CCC(OC(C(=O)OC(C)(C)C)(N2CCCC2)N2CCN(C3CCCCC3)CC2)CC1. The van der Waals surface area contributed by atoms with Crippen LogP contribution in [-0.4, -0.2) is 96.1 Å². The number of carbonyl (C=O) groups is 2. The highest BCUT2D eigenvalue weighted by Crippen LogP contribution is 2.37. The third-order valence-corrected chi connectivity index (χ3v) is 8.66. The first-order valence-corrected chi connectivity index (χ1v) is 15.0. The largest absolute Gasteiger partial charge is 0.466 e. The standard InChI is InChI=1S/C29H51N3O5/c1-5-35-26(33)23-13-15-25(16-14-23)36-29(31-17-9-10-18-31,27(34)37-28(2,3)4)32-21-19-30(20-22-32)24-11-7-6-8-12-24/h23-25H,5-22H2,1-4H3. The van der Waals surface area contributed by atoms with Crippen molar-refractivity contribution in [2.45, 2.75) is 122 Å². The minimum absolute atomic E-state index is 0.0680. The Morgan fingerprint density at radius 1 is 0.757 bits per heavy atom. The van der Waals surface area contributed by atoms with Crippen LogP contribution < -0.4 is 0 Å². The Morgan fingerprint density at radius 3 is 1.92 bits per heavy atom. The topological polar surface area (TPSA) is 71.5 Å². The molecule has 0 radical (unpaired) electrons. The first-order chi connectivity index (χ1) is 17.7. The fraction of sp³-hybridized carbons (Fsp3) is 0.931. The molecule has 2 saturated heterocycles. The van der Waals surface area contributed by atoms with E-state index in [0.29, 0.717) is 12.6 Å². The molecule has 0 aromatic rings.